The Morgan fingerprint density at radius 1 is 1.12 bits per heavy atom. The highest BCUT2D eigenvalue weighted by Gasteiger charge is 2.30. The zero-order valence-corrected chi connectivity index (χ0v) is 19.7. The second-order valence-electron chi connectivity index (χ2n) is 7.58. The summed E-state index contributed by atoms with van der Waals surface area (Å²) in [4.78, 5) is 28.6. The summed E-state index contributed by atoms with van der Waals surface area (Å²) in [5.41, 5.74) is 1.62. The highest BCUT2D eigenvalue weighted by molar-refractivity contribution is 7.22. The Kier molecular flexibility index (Phi) is 6.03. The molecule has 2 aromatic carbocycles. The van der Waals surface area contributed by atoms with Gasteiger partial charge in [0.05, 0.1) is 22.2 Å². The molecule has 1 N–H and O–H groups in total. The van der Waals surface area contributed by atoms with Gasteiger partial charge < -0.3 is 19.9 Å². The molecule has 0 bridgehead atoms. The monoisotopic (exact) mass is 497 g/mol. The van der Waals surface area contributed by atoms with E-state index in [0.717, 1.165) is 21.7 Å². The first-order valence-electron chi connectivity index (χ1n) is 10.5. The van der Waals surface area contributed by atoms with Gasteiger partial charge in [0.15, 0.2) is 5.13 Å². The summed E-state index contributed by atoms with van der Waals surface area (Å²) < 4.78 is 6.16. The molecule has 34 heavy (non-hydrogen) atoms. The summed E-state index contributed by atoms with van der Waals surface area (Å²) in [5.74, 6) is 1.12. The van der Waals surface area contributed by atoms with Gasteiger partial charge in [-0.2, -0.15) is 0 Å². The van der Waals surface area contributed by atoms with Gasteiger partial charge in [0.2, 0.25) is 11.6 Å². The Bertz CT molecular complexity index is 1360. The highest BCUT2D eigenvalue weighted by atomic mass is 35.5. The summed E-state index contributed by atoms with van der Waals surface area (Å²) in [6, 6.07) is 13.2. The molecule has 10 nitrogen and oxygen atoms in total. The lowest BCUT2D eigenvalue weighted by Gasteiger charge is -2.36. The van der Waals surface area contributed by atoms with E-state index in [-0.39, 0.29) is 17.3 Å². The molecular formula is C22H20ClN7O3S. The average molecular weight is 498 g/mol. The van der Waals surface area contributed by atoms with Gasteiger partial charge in [-0.3, -0.25) is 10.1 Å². The number of halogens is 1. The third-order valence-electron chi connectivity index (χ3n) is 5.56. The minimum Gasteiger partial charge on any atom is -0.497 e. The number of piperazine rings is 1. The second kappa shape index (κ2) is 9.27. The quantitative estimate of drug-likeness (QED) is 0.298. The van der Waals surface area contributed by atoms with Crippen LogP contribution in [-0.2, 0) is 0 Å². The maximum Gasteiger partial charge on any atom is 0.353 e. The Morgan fingerprint density at radius 2 is 1.91 bits per heavy atom. The molecule has 174 valence electrons. The predicted molar refractivity (Wildman–Crippen MR) is 134 cm³/mol. The fourth-order valence-electron chi connectivity index (χ4n) is 3.90. The summed E-state index contributed by atoms with van der Waals surface area (Å²) in [5, 5.41) is 16.3. The number of aromatic nitrogens is 3. The van der Waals surface area contributed by atoms with Gasteiger partial charge in [-0.25, -0.2) is 15.0 Å². The molecule has 0 radical (unpaired) electrons. The van der Waals surface area contributed by atoms with Crippen molar-refractivity contribution in [1.82, 2.24) is 15.0 Å². The van der Waals surface area contributed by atoms with Crippen molar-refractivity contribution in [2.75, 3.05) is 48.4 Å². The lowest BCUT2D eigenvalue weighted by molar-refractivity contribution is -0.383. The van der Waals surface area contributed by atoms with Crippen LogP contribution in [0.5, 0.6) is 5.75 Å². The van der Waals surface area contributed by atoms with Gasteiger partial charge in [-0.05, 0) is 36.4 Å². The lowest BCUT2D eigenvalue weighted by atomic mass is 10.2. The maximum atomic E-state index is 12.1. The van der Waals surface area contributed by atoms with Crippen molar-refractivity contribution in [3.63, 3.8) is 0 Å². The number of nitrogens with one attached hydrogen (secondary N) is 1. The van der Waals surface area contributed by atoms with Crippen molar-refractivity contribution < 1.29 is 9.66 Å². The second-order valence-corrected chi connectivity index (χ2v) is 9.05. The van der Waals surface area contributed by atoms with Gasteiger partial charge in [-0.1, -0.05) is 29.0 Å². The first-order chi connectivity index (χ1) is 16.5. The number of methoxy groups -OCH3 is 1. The molecule has 1 aliphatic rings. The molecule has 0 unspecified atom stereocenters. The van der Waals surface area contributed by atoms with Crippen LogP contribution in [0.4, 0.5) is 28.1 Å². The predicted octanol–water partition coefficient (Wildman–Crippen LogP) is 4.73. The summed E-state index contributed by atoms with van der Waals surface area (Å²) in [7, 11) is 1.60. The normalized spacial score (nSPS) is 13.8. The van der Waals surface area contributed by atoms with E-state index in [0.29, 0.717) is 36.3 Å². The largest absolute Gasteiger partial charge is 0.497 e. The van der Waals surface area contributed by atoms with Crippen molar-refractivity contribution in [3.05, 3.63) is 63.9 Å². The first kappa shape index (κ1) is 22.1. The molecule has 0 spiro atoms. The number of nitro groups is 1. The Morgan fingerprint density at radius 3 is 2.65 bits per heavy atom. The lowest BCUT2D eigenvalue weighted by Crippen LogP contribution is -2.47. The van der Waals surface area contributed by atoms with Crippen LogP contribution in [0.15, 0.2) is 48.8 Å². The molecule has 4 aromatic rings. The molecule has 1 fully saturated rings. The van der Waals surface area contributed by atoms with Crippen molar-refractivity contribution in [2.24, 2.45) is 0 Å². The third kappa shape index (κ3) is 4.39. The van der Waals surface area contributed by atoms with Crippen molar-refractivity contribution in [1.29, 1.82) is 0 Å². The SMILES string of the molecule is COc1ccc2nc(Nc3ncnc(N4CCN(c5cccc(Cl)c5)CC4)c3[N+](=O)[O-])sc2c1. The molecule has 12 heteroatoms. The Labute approximate surface area is 203 Å². The molecule has 1 saturated heterocycles. The summed E-state index contributed by atoms with van der Waals surface area (Å²) in [6.07, 6.45) is 1.34. The van der Waals surface area contributed by atoms with Gasteiger partial charge >= 0.3 is 5.69 Å². The highest BCUT2D eigenvalue weighted by Crippen LogP contribution is 2.37. The van der Waals surface area contributed by atoms with Crippen LogP contribution >= 0.6 is 22.9 Å². The number of thiazole rings is 1. The van der Waals surface area contributed by atoms with E-state index in [1.54, 1.807) is 7.11 Å². The number of rotatable bonds is 6. The fourth-order valence-corrected chi connectivity index (χ4v) is 4.97. The maximum absolute atomic E-state index is 12.1. The molecule has 1 aliphatic heterocycles. The van der Waals surface area contributed by atoms with E-state index in [2.05, 4.69) is 25.2 Å². The van der Waals surface area contributed by atoms with E-state index < -0.39 is 4.92 Å². The van der Waals surface area contributed by atoms with E-state index in [1.807, 2.05) is 47.4 Å². The van der Waals surface area contributed by atoms with E-state index in [9.17, 15) is 10.1 Å². The minimum absolute atomic E-state index is 0.110. The Hall–Kier alpha value is -3.70. The number of fused-ring (bicyclic) bond motifs is 1. The number of benzene rings is 2. The summed E-state index contributed by atoms with van der Waals surface area (Å²) in [6.45, 7) is 2.52. The van der Waals surface area contributed by atoms with Crippen LogP contribution < -0.4 is 19.9 Å². The van der Waals surface area contributed by atoms with Crippen molar-refractivity contribution in [3.8, 4) is 5.75 Å². The van der Waals surface area contributed by atoms with Gasteiger partial charge in [-0.15, -0.1) is 0 Å². The fraction of sp³-hybridized carbons (Fsp3) is 0.227. The first-order valence-corrected chi connectivity index (χ1v) is 11.7. The van der Waals surface area contributed by atoms with Crippen LogP contribution in [0.3, 0.4) is 0 Å². The van der Waals surface area contributed by atoms with Crippen LogP contribution in [-0.4, -0.2) is 53.2 Å². The smallest absolute Gasteiger partial charge is 0.353 e. The summed E-state index contributed by atoms with van der Waals surface area (Å²) >= 11 is 7.49. The molecular weight excluding hydrogens is 478 g/mol. The minimum atomic E-state index is -0.447. The number of hydrogen-bond donors (Lipinski definition) is 1. The third-order valence-corrected chi connectivity index (χ3v) is 6.73. The number of anilines is 4. The van der Waals surface area contributed by atoms with Crippen LogP contribution in [0.2, 0.25) is 5.02 Å². The van der Waals surface area contributed by atoms with Crippen molar-refractivity contribution >= 4 is 61.3 Å². The standard InChI is InChI=1S/C22H20ClN7O3S/c1-33-16-5-6-17-18(12-16)34-22(26-17)27-20-19(30(31)32)21(25-13-24-20)29-9-7-28(8-10-29)15-4-2-3-14(23)11-15/h2-6,11-13H,7-10H2,1H3,(H,24,25,26,27). The Balaban J connectivity index is 1.39. The van der Waals surface area contributed by atoms with Gasteiger partial charge in [0.1, 0.15) is 12.1 Å². The molecule has 0 aliphatic carbocycles. The van der Waals surface area contributed by atoms with Crippen LogP contribution in [0, 0.1) is 10.1 Å². The molecule has 2 aromatic heterocycles. The van der Waals surface area contributed by atoms with E-state index >= 15 is 0 Å². The number of hydrogen-bond acceptors (Lipinski definition) is 10. The van der Waals surface area contributed by atoms with E-state index in [4.69, 9.17) is 16.3 Å². The molecule has 0 atom stereocenters. The number of nitrogens with zero attached hydrogens (tertiary/aromatic N) is 6. The van der Waals surface area contributed by atoms with Gasteiger partial charge in [0.25, 0.3) is 0 Å². The zero-order chi connectivity index (χ0) is 23.7. The van der Waals surface area contributed by atoms with Crippen LogP contribution in [0.25, 0.3) is 10.2 Å². The molecule has 0 saturated carbocycles. The average Bonchev–Trinajstić information content (AvgIpc) is 3.25. The zero-order valence-electron chi connectivity index (χ0n) is 18.1. The topological polar surface area (TPSA) is 110 Å². The van der Waals surface area contributed by atoms with Gasteiger partial charge in [0, 0.05) is 36.9 Å². The van der Waals surface area contributed by atoms with Crippen molar-refractivity contribution in [2.45, 2.75) is 0 Å². The van der Waals surface area contributed by atoms with Crippen LogP contribution in [0.1, 0.15) is 0 Å². The molecule has 0 amide bonds. The van der Waals surface area contributed by atoms with E-state index in [1.165, 1.54) is 17.7 Å². The molecule has 5 rings (SSSR count). The molecule has 3 heterocycles. The number of ether oxygens (including phenoxy) is 1.